The summed E-state index contributed by atoms with van der Waals surface area (Å²) in [7, 11) is 0. The Hall–Kier alpha value is -1.05. The Bertz CT molecular complexity index is 351. The van der Waals surface area contributed by atoms with Crippen LogP contribution in [0, 0.1) is 6.92 Å². The minimum atomic E-state index is 0.702. The van der Waals surface area contributed by atoms with Crippen LogP contribution in [0.15, 0.2) is 12.3 Å². The van der Waals surface area contributed by atoms with Crippen LogP contribution in [-0.2, 0) is 0 Å². The number of anilines is 1. The number of pyridine rings is 1. The highest BCUT2D eigenvalue weighted by Crippen LogP contribution is 2.40. The molecule has 0 saturated heterocycles. The molecule has 1 heterocycles. The van der Waals surface area contributed by atoms with Crippen LogP contribution in [0.1, 0.15) is 42.7 Å². The molecule has 0 bridgehead atoms. The maximum Gasteiger partial charge on any atom is 0.129 e. The van der Waals surface area contributed by atoms with Gasteiger partial charge < -0.3 is 5.32 Å². The summed E-state index contributed by atoms with van der Waals surface area (Å²) >= 11 is 0. The molecule has 3 rings (SSSR count). The zero-order valence-electron chi connectivity index (χ0n) is 8.59. The van der Waals surface area contributed by atoms with Crippen LogP contribution in [0.4, 0.5) is 5.82 Å². The molecule has 74 valence electrons. The van der Waals surface area contributed by atoms with Crippen molar-refractivity contribution in [2.45, 2.75) is 44.6 Å². The maximum atomic E-state index is 4.51. The molecule has 0 aliphatic heterocycles. The van der Waals surface area contributed by atoms with Crippen molar-refractivity contribution >= 4 is 5.82 Å². The van der Waals surface area contributed by atoms with Crippen LogP contribution in [0.2, 0.25) is 0 Å². The lowest BCUT2D eigenvalue weighted by Gasteiger charge is -2.08. The molecular formula is C12H16N2. The molecule has 0 spiro atoms. The van der Waals surface area contributed by atoms with E-state index in [0.717, 1.165) is 11.7 Å². The topological polar surface area (TPSA) is 24.9 Å². The zero-order valence-corrected chi connectivity index (χ0v) is 8.59. The number of nitrogens with one attached hydrogen (secondary N) is 1. The predicted molar refractivity (Wildman–Crippen MR) is 57.6 cm³/mol. The fourth-order valence-corrected chi connectivity index (χ4v) is 1.81. The summed E-state index contributed by atoms with van der Waals surface area (Å²) in [6.45, 7) is 2.16. The fraction of sp³-hybridized carbons (Fsp3) is 0.583. The molecule has 2 aliphatic carbocycles. The Labute approximate surface area is 84.7 Å². The molecule has 0 radical (unpaired) electrons. The SMILES string of the molecule is Cc1cc(C2CC2)cnc1NC1CC1. The number of hydrogen-bond acceptors (Lipinski definition) is 2. The number of aryl methyl sites for hydroxylation is 1. The number of rotatable bonds is 3. The lowest BCUT2D eigenvalue weighted by Crippen LogP contribution is -2.05. The monoisotopic (exact) mass is 188 g/mol. The van der Waals surface area contributed by atoms with Crippen molar-refractivity contribution < 1.29 is 0 Å². The van der Waals surface area contributed by atoms with Gasteiger partial charge in [-0.25, -0.2) is 4.98 Å². The first-order valence-electron chi connectivity index (χ1n) is 5.56. The molecule has 2 fully saturated rings. The summed E-state index contributed by atoms with van der Waals surface area (Å²) < 4.78 is 0. The van der Waals surface area contributed by atoms with Gasteiger partial charge in [-0.1, -0.05) is 6.07 Å². The molecule has 2 aliphatic rings. The molecule has 14 heavy (non-hydrogen) atoms. The second kappa shape index (κ2) is 2.97. The molecule has 2 heteroatoms. The second-order valence-electron chi connectivity index (χ2n) is 4.63. The summed E-state index contributed by atoms with van der Waals surface area (Å²) in [5.41, 5.74) is 2.74. The van der Waals surface area contributed by atoms with Crippen molar-refractivity contribution in [2.24, 2.45) is 0 Å². The molecule has 2 nitrogen and oxygen atoms in total. The number of hydrogen-bond donors (Lipinski definition) is 1. The summed E-state index contributed by atoms with van der Waals surface area (Å²) in [5, 5.41) is 3.46. The third-order valence-electron chi connectivity index (χ3n) is 3.07. The molecule has 0 unspecified atom stereocenters. The first-order valence-corrected chi connectivity index (χ1v) is 5.56. The van der Waals surface area contributed by atoms with E-state index in [9.17, 15) is 0 Å². The highest BCUT2D eigenvalue weighted by molar-refractivity contribution is 5.47. The summed E-state index contributed by atoms with van der Waals surface area (Å²) in [4.78, 5) is 4.51. The van der Waals surface area contributed by atoms with E-state index in [0.29, 0.717) is 6.04 Å². The Morgan fingerprint density at radius 1 is 1.29 bits per heavy atom. The average molecular weight is 188 g/mol. The van der Waals surface area contributed by atoms with Crippen LogP contribution in [0.25, 0.3) is 0 Å². The van der Waals surface area contributed by atoms with Gasteiger partial charge in [0.1, 0.15) is 5.82 Å². The first-order chi connectivity index (χ1) is 6.83. The smallest absolute Gasteiger partial charge is 0.129 e. The average Bonchev–Trinajstić information content (AvgIpc) is 3.02. The molecule has 1 aromatic rings. The van der Waals surface area contributed by atoms with Gasteiger partial charge in [0.05, 0.1) is 0 Å². The molecule has 2 saturated carbocycles. The highest BCUT2D eigenvalue weighted by Gasteiger charge is 2.25. The van der Waals surface area contributed by atoms with Crippen LogP contribution in [0.3, 0.4) is 0 Å². The second-order valence-corrected chi connectivity index (χ2v) is 4.63. The predicted octanol–water partition coefficient (Wildman–Crippen LogP) is 2.84. The highest BCUT2D eigenvalue weighted by atomic mass is 15.0. The van der Waals surface area contributed by atoms with Crippen molar-refractivity contribution in [2.75, 3.05) is 5.32 Å². The summed E-state index contributed by atoms with van der Waals surface area (Å²) in [6.07, 6.45) is 7.39. The van der Waals surface area contributed by atoms with E-state index >= 15 is 0 Å². The Balaban J connectivity index is 1.82. The number of aromatic nitrogens is 1. The van der Waals surface area contributed by atoms with Crippen LogP contribution >= 0.6 is 0 Å². The quantitative estimate of drug-likeness (QED) is 0.789. The summed E-state index contributed by atoms with van der Waals surface area (Å²) in [6, 6.07) is 3.00. The van der Waals surface area contributed by atoms with Gasteiger partial charge in [0.2, 0.25) is 0 Å². The molecule has 1 aromatic heterocycles. The molecule has 0 aromatic carbocycles. The van der Waals surface area contributed by atoms with E-state index in [1.54, 1.807) is 0 Å². The molecular weight excluding hydrogens is 172 g/mol. The van der Waals surface area contributed by atoms with Gasteiger partial charge in [0.25, 0.3) is 0 Å². The van der Waals surface area contributed by atoms with Crippen LogP contribution in [0.5, 0.6) is 0 Å². The van der Waals surface area contributed by atoms with Gasteiger partial charge in [-0.2, -0.15) is 0 Å². The third-order valence-corrected chi connectivity index (χ3v) is 3.07. The van der Waals surface area contributed by atoms with E-state index in [1.807, 2.05) is 0 Å². The van der Waals surface area contributed by atoms with Crippen LogP contribution in [-0.4, -0.2) is 11.0 Å². The minimum absolute atomic E-state index is 0.702. The lowest BCUT2D eigenvalue weighted by molar-refractivity contribution is 1.05. The van der Waals surface area contributed by atoms with E-state index in [4.69, 9.17) is 0 Å². The Morgan fingerprint density at radius 3 is 2.64 bits per heavy atom. The normalized spacial score (nSPS) is 20.9. The van der Waals surface area contributed by atoms with Crippen molar-refractivity contribution in [1.29, 1.82) is 0 Å². The molecule has 1 N–H and O–H groups in total. The van der Waals surface area contributed by atoms with Gasteiger partial charge in [-0.15, -0.1) is 0 Å². The van der Waals surface area contributed by atoms with E-state index in [-0.39, 0.29) is 0 Å². The van der Waals surface area contributed by atoms with Crippen molar-refractivity contribution in [3.8, 4) is 0 Å². The minimum Gasteiger partial charge on any atom is -0.367 e. The molecule has 0 atom stereocenters. The summed E-state index contributed by atoms with van der Waals surface area (Å²) in [5.74, 6) is 1.91. The number of nitrogens with zero attached hydrogens (tertiary/aromatic N) is 1. The Morgan fingerprint density at radius 2 is 2.07 bits per heavy atom. The standard InChI is InChI=1S/C12H16N2/c1-8-6-10(9-2-3-9)7-13-12(8)14-11-4-5-11/h6-7,9,11H,2-5H2,1H3,(H,13,14). The first kappa shape index (κ1) is 8.27. The van der Waals surface area contributed by atoms with Gasteiger partial charge in [-0.3, -0.25) is 0 Å². The van der Waals surface area contributed by atoms with Crippen LogP contribution < -0.4 is 5.32 Å². The maximum absolute atomic E-state index is 4.51. The third kappa shape index (κ3) is 1.61. The van der Waals surface area contributed by atoms with Gasteiger partial charge in [-0.05, 0) is 49.7 Å². The van der Waals surface area contributed by atoms with Crippen molar-refractivity contribution in [1.82, 2.24) is 4.98 Å². The van der Waals surface area contributed by atoms with E-state index < -0.39 is 0 Å². The van der Waals surface area contributed by atoms with Crippen molar-refractivity contribution in [3.05, 3.63) is 23.4 Å². The van der Waals surface area contributed by atoms with E-state index in [1.165, 1.54) is 36.8 Å². The van der Waals surface area contributed by atoms with Crippen molar-refractivity contribution in [3.63, 3.8) is 0 Å². The van der Waals surface area contributed by atoms with E-state index in [2.05, 4.69) is 29.5 Å². The van der Waals surface area contributed by atoms with Gasteiger partial charge in [0.15, 0.2) is 0 Å². The molecule has 0 amide bonds. The van der Waals surface area contributed by atoms with Gasteiger partial charge in [0, 0.05) is 12.2 Å². The lowest BCUT2D eigenvalue weighted by atomic mass is 10.1. The van der Waals surface area contributed by atoms with Gasteiger partial charge >= 0.3 is 0 Å². The largest absolute Gasteiger partial charge is 0.367 e. The fourth-order valence-electron chi connectivity index (χ4n) is 1.81. The zero-order chi connectivity index (χ0) is 9.54. The Kier molecular flexibility index (Phi) is 1.76.